The van der Waals surface area contributed by atoms with E-state index >= 15 is 0 Å². The highest BCUT2D eigenvalue weighted by Crippen LogP contribution is 2.16. The van der Waals surface area contributed by atoms with E-state index in [2.05, 4.69) is 10.0 Å². The minimum atomic E-state index is -3.75. The Balaban J connectivity index is 2.85. The highest BCUT2D eigenvalue weighted by Gasteiger charge is 2.24. The molecule has 124 valence electrons. The summed E-state index contributed by atoms with van der Waals surface area (Å²) in [7, 11) is -2.24. The molecular formula is C15H24N2O4S. The van der Waals surface area contributed by atoms with Gasteiger partial charge in [-0.05, 0) is 44.0 Å². The van der Waals surface area contributed by atoms with Crippen LogP contribution in [0.15, 0.2) is 29.2 Å². The van der Waals surface area contributed by atoms with Gasteiger partial charge in [-0.15, -0.1) is 0 Å². The maximum atomic E-state index is 12.3. The lowest BCUT2D eigenvalue weighted by atomic mass is 10.2. The van der Waals surface area contributed by atoms with Crippen molar-refractivity contribution in [2.24, 2.45) is 0 Å². The predicted molar refractivity (Wildman–Crippen MR) is 85.3 cm³/mol. The van der Waals surface area contributed by atoms with E-state index in [1.807, 2.05) is 13.8 Å². The Kier molecular flexibility index (Phi) is 6.83. The van der Waals surface area contributed by atoms with Crippen LogP contribution in [-0.2, 0) is 14.8 Å². The molecule has 0 aliphatic carbocycles. The third-order valence-electron chi connectivity index (χ3n) is 3.39. The first-order valence-electron chi connectivity index (χ1n) is 7.30. The van der Waals surface area contributed by atoms with Crippen molar-refractivity contribution in [3.63, 3.8) is 0 Å². The molecule has 0 aliphatic rings. The minimum Gasteiger partial charge on any atom is -0.497 e. The molecule has 0 bridgehead atoms. The van der Waals surface area contributed by atoms with Gasteiger partial charge in [0.2, 0.25) is 15.9 Å². The highest BCUT2D eigenvalue weighted by atomic mass is 32.2. The number of methoxy groups -OCH3 is 1. The van der Waals surface area contributed by atoms with Crippen molar-refractivity contribution in [1.82, 2.24) is 10.0 Å². The molecule has 2 N–H and O–H groups in total. The summed E-state index contributed by atoms with van der Waals surface area (Å²) in [5.41, 5.74) is 0. The Hall–Kier alpha value is -1.60. The molecule has 6 nitrogen and oxygen atoms in total. The van der Waals surface area contributed by atoms with Crippen molar-refractivity contribution in [3.8, 4) is 5.75 Å². The van der Waals surface area contributed by atoms with Gasteiger partial charge in [0, 0.05) is 6.04 Å². The third kappa shape index (κ3) is 4.99. The Bertz CT molecular complexity index is 584. The van der Waals surface area contributed by atoms with E-state index in [1.54, 1.807) is 19.1 Å². The lowest BCUT2D eigenvalue weighted by molar-refractivity contribution is -0.123. The molecule has 0 unspecified atom stereocenters. The van der Waals surface area contributed by atoms with Gasteiger partial charge in [0.05, 0.1) is 12.0 Å². The molecule has 0 saturated heterocycles. The molecule has 1 amide bonds. The van der Waals surface area contributed by atoms with Gasteiger partial charge < -0.3 is 10.1 Å². The smallest absolute Gasteiger partial charge is 0.241 e. The van der Waals surface area contributed by atoms with E-state index in [9.17, 15) is 13.2 Å². The number of benzene rings is 1. The summed E-state index contributed by atoms with van der Waals surface area (Å²) < 4.78 is 32.1. The van der Waals surface area contributed by atoms with Gasteiger partial charge in [0.25, 0.3) is 0 Å². The Morgan fingerprint density at radius 3 is 2.23 bits per heavy atom. The summed E-state index contributed by atoms with van der Waals surface area (Å²) in [6.45, 7) is 5.59. The maximum Gasteiger partial charge on any atom is 0.241 e. The summed E-state index contributed by atoms with van der Waals surface area (Å²) in [5.74, 6) is 0.259. The lowest BCUT2D eigenvalue weighted by Gasteiger charge is -2.19. The molecule has 2 atom stereocenters. The number of hydrogen-bond acceptors (Lipinski definition) is 4. The maximum absolute atomic E-state index is 12.3. The van der Waals surface area contributed by atoms with Crippen molar-refractivity contribution in [1.29, 1.82) is 0 Å². The average molecular weight is 328 g/mol. The van der Waals surface area contributed by atoms with E-state index in [4.69, 9.17) is 4.74 Å². The molecule has 1 aromatic rings. The quantitative estimate of drug-likeness (QED) is 0.760. The second-order valence-electron chi connectivity index (χ2n) is 5.08. The molecule has 0 saturated carbocycles. The molecule has 0 aliphatic heterocycles. The number of sulfonamides is 1. The van der Waals surface area contributed by atoms with E-state index in [0.717, 1.165) is 6.42 Å². The molecule has 0 spiro atoms. The summed E-state index contributed by atoms with van der Waals surface area (Å²) >= 11 is 0. The summed E-state index contributed by atoms with van der Waals surface area (Å²) in [5, 5.41) is 2.79. The number of hydrogen-bond donors (Lipinski definition) is 2. The molecule has 0 heterocycles. The summed E-state index contributed by atoms with van der Waals surface area (Å²) in [6, 6.07) is 5.23. The average Bonchev–Trinajstić information content (AvgIpc) is 2.52. The van der Waals surface area contributed by atoms with Crippen LogP contribution in [0.1, 0.15) is 33.6 Å². The third-order valence-corrected chi connectivity index (χ3v) is 4.88. The zero-order chi connectivity index (χ0) is 16.8. The number of carbonyl (C=O) groups excluding carboxylic acids is 1. The standard InChI is InChI=1S/C15H24N2O4S/c1-5-11(3)16-15(18)14(6-2)17-22(19,20)13-9-7-12(21-4)8-10-13/h7-11,14,17H,5-6H2,1-4H3,(H,16,18)/t11-,14-/m1/s1. The van der Waals surface area contributed by atoms with Gasteiger partial charge in [-0.25, -0.2) is 8.42 Å². The fraction of sp³-hybridized carbons (Fsp3) is 0.533. The summed E-state index contributed by atoms with van der Waals surface area (Å²) in [6.07, 6.45) is 1.16. The molecule has 7 heteroatoms. The molecular weight excluding hydrogens is 304 g/mol. The van der Waals surface area contributed by atoms with E-state index < -0.39 is 16.1 Å². The van der Waals surface area contributed by atoms with E-state index in [0.29, 0.717) is 12.2 Å². The number of rotatable bonds is 8. The highest BCUT2D eigenvalue weighted by molar-refractivity contribution is 7.89. The largest absolute Gasteiger partial charge is 0.497 e. The van der Waals surface area contributed by atoms with Crippen LogP contribution in [0.3, 0.4) is 0 Å². The molecule has 1 rings (SSSR count). The normalized spacial score (nSPS) is 14.2. The van der Waals surface area contributed by atoms with E-state index in [-0.39, 0.29) is 16.8 Å². The Labute approximate surface area is 132 Å². The van der Waals surface area contributed by atoms with Gasteiger partial charge in [-0.1, -0.05) is 13.8 Å². The van der Waals surface area contributed by atoms with Crippen molar-refractivity contribution in [2.45, 2.75) is 50.6 Å². The summed E-state index contributed by atoms with van der Waals surface area (Å²) in [4.78, 5) is 12.2. The topological polar surface area (TPSA) is 84.5 Å². The predicted octanol–water partition coefficient (Wildman–Crippen LogP) is 1.67. The molecule has 0 fully saturated rings. The van der Waals surface area contributed by atoms with Crippen molar-refractivity contribution in [2.75, 3.05) is 7.11 Å². The molecule has 1 aromatic carbocycles. The van der Waals surface area contributed by atoms with Crippen molar-refractivity contribution < 1.29 is 17.9 Å². The van der Waals surface area contributed by atoms with E-state index in [1.165, 1.54) is 19.2 Å². The van der Waals surface area contributed by atoms with Gasteiger partial charge in [0.1, 0.15) is 11.8 Å². The first-order chi connectivity index (χ1) is 10.3. The zero-order valence-electron chi connectivity index (χ0n) is 13.4. The fourth-order valence-electron chi connectivity index (χ4n) is 1.78. The van der Waals surface area contributed by atoms with Crippen LogP contribution < -0.4 is 14.8 Å². The second-order valence-corrected chi connectivity index (χ2v) is 6.79. The number of ether oxygens (including phenoxy) is 1. The monoisotopic (exact) mass is 328 g/mol. The Morgan fingerprint density at radius 2 is 1.77 bits per heavy atom. The van der Waals surface area contributed by atoms with Crippen LogP contribution >= 0.6 is 0 Å². The van der Waals surface area contributed by atoms with Crippen LogP contribution in [0.2, 0.25) is 0 Å². The lowest BCUT2D eigenvalue weighted by Crippen LogP contribution is -2.48. The van der Waals surface area contributed by atoms with Crippen LogP contribution in [0.25, 0.3) is 0 Å². The van der Waals surface area contributed by atoms with Gasteiger partial charge >= 0.3 is 0 Å². The number of nitrogens with one attached hydrogen (secondary N) is 2. The van der Waals surface area contributed by atoms with Gasteiger partial charge in [-0.3, -0.25) is 4.79 Å². The van der Waals surface area contributed by atoms with Crippen molar-refractivity contribution in [3.05, 3.63) is 24.3 Å². The molecule has 0 radical (unpaired) electrons. The first-order valence-corrected chi connectivity index (χ1v) is 8.79. The first kappa shape index (κ1) is 18.4. The molecule has 0 aromatic heterocycles. The van der Waals surface area contributed by atoms with Crippen LogP contribution in [0, 0.1) is 0 Å². The zero-order valence-corrected chi connectivity index (χ0v) is 14.2. The second kappa shape index (κ2) is 8.14. The van der Waals surface area contributed by atoms with Crippen molar-refractivity contribution >= 4 is 15.9 Å². The van der Waals surface area contributed by atoms with Crippen LogP contribution in [0.5, 0.6) is 5.75 Å². The van der Waals surface area contributed by atoms with Gasteiger partial charge in [-0.2, -0.15) is 4.72 Å². The Morgan fingerprint density at radius 1 is 1.18 bits per heavy atom. The SMILES string of the molecule is CC[C@@H](C)NC(=O)[C@@H](CC)NS(=O)(=O)c1ccc(OC)cc1. The van der Waals surface area contributed by atoms with Crippen LogP contribution in [0.4, 0.5) is 0 Å². The molecule has 22 heavy (non-hydrogen) atoms. The number of amides is 1. The minimum absolute atomic E-state index is 0.00652. The fourth-order valence-corrected chi connectivity index (χ4v) is 3.06. The van der Waals surface area contributed by atoms with Crippen LogP contribution in [-0.4, -0.2) is 33.5 Å². The van der Waals surface area contributed by atoms with Gasteiger partial charge in [0.15, 0.2) is 0 Å². The number of carbonyl (C=O) groups is 1.